The number of methoxy groups -OCH3 is 2. The van der Waals surface area contributed by atoms with Gasteiger partial charge in [-0.2, -0.15) is 0 Å². The van der Waals surface area contributed by atoms with Crippen molar-refractivity contribution in [2.75, 3.05) is 14.2 Å². The highest BCUT2D eigenvalue weighted by Gasteiger charge is 2.09. The maximum atomic E-state index is 10.5. The summed E-state index contributed by atoms with van der Waals surface area (Å²) in [5.41, 5.74) is 0.0673. The number of carbonyl (C=O) groups is 1. The normalized spacial score (nSPS) is 9.38. The number of pyridine rings is 1. The van der Waals surface area contributed by atoms with Gasteiger partial charge in [-0.25, -0.2) is 9.78 Å². The van der Waals surface area contributed by atoms with E-state index in [-0.39, 0.29) is 11.4 Å². The number of rotatable bonds is 3. The number of aromatic nitrogens is 1. The molecule has 1 N–H and O–H groups in total. The maximum Gasteiger partial charge on any atom is 0.337 e. The zero-order valence-electron chi connectivity index (χ0n) is 7.27. The molecular formula is C8H9NO4. The lowest BCUT2D eigenvalue weighted by Gasteiger charge is -2.05. The molecule has 5 heteroatoms. The molecule has 0 saturated heterocycles. The minimum absolute atomic E-state index is 0.0673. The number of carboxylic acids is 1. The van der Waals surface area contributed by atoms with Crippen LogP contribution in [0, 0.1) is 0 Å². The molecule has 1 heterocycles. The maximum absolute atomic E-state index is 10.5. The minimum Gasteiger partial charge on any atom is -0.491 e. The third kappa shape index (κ3) is 1.87. The van der Waals surface area contributed by atoms with Crippen molar-refractivity contribution in [1.82, 2.24) is 4.98 Å². The number of nitrogens with zero attached hydrogens (tertiary/aromatic N) is 1. The van der Waals surface area contributed by atoms with Gasteiger partial charge >= 0.3 is 5.97 Å². The molecule has 0 aliphatic rings. The van der Waals surface area contributed by atoms with Gasteiger partial charge in [-0.05, 0) is 0 Å². The summed E-state index contributed by atoms with van der Waals surface area (Å²) in [5, 5.41) is 8.63. The second kappa shape index (κ2) is 3.75. The second-order valence-corrected chi connectivity index (χ2v) is 2.24. The molecule has 1 rings (SSSR count). The van der Waals surface area contributed by atoms with Gasteiger partial charge in [0.2, 0.25) is 0 Å². The Kier molecular flexibility index (Phi) is 2.69. The average Bonchev–Trinajstić information content (AvgIpc) is 2.16. The summed E-state index contributed by atoms with van der Waals surface area (Å²) in [6.07, 6.45) is 1.21. The molecule has 1 aromatic rings. The third-order valence-corrected chi connectivity index (χ3v) is 1.48. The van der Waals surface area contributed by atoms with E-state index in [0.29, 0.717) is 5.75 Å². The molecule has 5 nitrogen and oxygen atoms in total. The highest BCUT2D eigenvalue weighted by molar-refractivity contribution is 5.87. The largest absolute Gasteiger partial charge is 0.491 e. The SMILES string of the molecule is COc1cc(C(=O)O)cnc1OC. The van der Waals surface area contributed by atoms with Gasteiger partial charge in [0.1, 0.15) is 0 Å². The van der Waals surface area contributed by atoms with E-state index in [1.807, 2.05) is 0 Å². The van der Waals surface area contributed by atoms with Crippen LogP contribution in [0.4, 0.5) is 0 Å². The fourth-order valence-corrected chi connectivity index (χ4v) is 0.849. The van der Waals surface area contributed by atoms with Crippen molar-refractivity contribution in [1.29, 1.82) is 0 Å². The summed E-state index contributed by atoms with van der Waals surface area (Å²) >= 11 is 0. The van der Waals surface area contributed by atoms with Crippen LogP contribution in [0.2, 0.25) is 0 Å². The Morgan fingerprint density at radius 1 is 1.46 bits per heavy atom. The van der Waals surface area contributed by atoms with Crippen molar-refractivity contribution in [3.05, 3.63) is 17.8 Å². The fourth-order valence-electron chi connectivity index (χ4n) is 0.849. The van der Waals surface area contributed by atoms with Crippen molar-refractivity contribution >= 4 is 5.97 Å². The molecule has 0 aliphatic heterocycles. The molecule has 0 bridgehead atoms. The summed E-state index contributed by atoms with van der Waals surface area (Å²) in [5.74, 6) is -0.469. The van der Waals surface area contributed by atoms with Crippen LogP contribution in [0.25, 0.3) is 0 Å². The van der Waals surface area contributed by atoms with Crippen LogP contribution in [0.15, 0.2) is 12.3 Å². The Hall–Kier alpha value is -1.78. The van der Waals surface area contributed by atoms with Crippen LogP contribution in [-0.2, 0) is 0 Å². The van der Waals surface area contributed by atoms with Crippen LogP contribution in [0.5, 0.6) is 11.6 Å². The van der Waals surface area contributed by atoms with Gasteiger partial charge in [-0.15, -0.1) is 0 Å². The summed E-state index contributed by atoms with van der Waals surface area (Å²) in [4.78, 5) is 14.3. The van der Waals surface area contributed by atoms with E-state index in [9.17, 15) is 4.79 Å². The molecular weight excluding hydrogens is 174 g/mol. The third-order valence-electron chi connectivity index (χ3n) is 1.48. The van der Waals surface area contributed by atoms with E-state index in [4.69, 9.17) is 14.6 Å². The molecule has 0 aliphatic carbocycles. The lowest BCUT2D eigenvalue weighted by molar-refractivity contribution is 0.0696. The highest BCUT2D eigenvalue weighted by atomic mass is 16.5. The zero-order chi connectivity index (χ0) is 9.84. The van der Waals surface area contributed by atoms with E-state index in [2.05, 4.69) is 4.98 Å². The Balaban J connectivity index is 3.13. The molecule has 1 aromatic heterocycles. The first-order valence-electron chi connectivity index (χ1n) is 3.50. The first kappa shape index (κ1) is 9.31. The first-order valence-corrected chi connectivity index (χ1v) is 3.50. The van der Waals surface area contributed by atoms with Crippen molar-refractivity contribution in [3.63, 3.8) is 0 Å². The number of hydrogen-bond donors (Lipinski definition) is 1. The number of ether oxygens (including phenoxy) is 2. The quantitative estimate of drug-likeness (QED) is 0.750. The highest BCUT2D eigenvalue weighted by Crippen LogP contribution is 2.24. The summed E-state index contributed by atoms with van der Waals surface area (Å²) in [6, 6.07) is 1.36. The zero-order valence-corrected chi connectivity index (χ0v) is 7.27. The second-order valence-electron chi connectivity index (χ2n) is 2.24. The average molecular weight is 183 g/mol. The number of aromatic carboxylic acids is 1. The monoisotopic (exact) mass is 183 g/mol. The van der Waals surface area contributed by atoms with Gasteiger partial charge in [-0.1, -0.05) is 0 Å². The van der Waals surface area contributed by atoms with Crippen molar-refractivity contribution in [3.8, 4) is 11.6 Å². The molecule has 0 spiro atoms. The van der Waals surface area contributed by atoms with Gasteiger partial charge in [0.05, 0.1) is 19.8 Å². The van der Waals surface area contributed by atoms with Crippen LogP contribution in [0.1, 0.15) is 10.4 Å². The van der Waals surface area contributed by atoms with Crippen molar-refractivity contribution in [2.45, 2.75) is 0 Å². The predicted molar refractivity (Wildman–Crippen MR) is 44.3 cm³/mol. The van der Waals surface area contributed by atoms with Crippen molar-refractivity contribution < 1.29 is 19.4 Å². The Bertz CT molecular complexity index is 324. The Morgan fingerprint density at radius 2 is 2.15 bits per heavy atom. The fraction of sp³-hybridized carbons (Fsp3) is 0.250. The molecule has 0 aromatic carbocycles. The Labute approximate surface area is 74.9 Å². The first-order chi connectivity index (χ1) is 6.19. The molecule has 0 atom stereocenters. The van der Waals surface area contributed by atoms with Gasteiger partial charge in [0, 0.05) is 12.3 Å². The van der Waals surface area contributed by atoms with Crippen molar-refractivity contribution in [2.24, 2.45) is 0 Å². The van der Waals surface area contributed by atoms with E-state index in [0.717, 1.165) is 0 Å². The topological polar surface area (TPSA) is 68.7 Å². The molecule has 0 radical (unpaired) electrons. The van der Waals surface area contributed by atoms with E-state index < -0.39 is 5.97 Å². The van der Waals surface area contributed by atoms with Crippen LogP contribution in [0.3, 0.4) is 0 Å². The summed E-state index contributed by atoms with van der Waals surface area (Å²) in [7, 11) is 2.86. The van der Waals surface area contributed by atoms with Gasteiger partial charge in [-0.3, -0.25) is 0 Å². The van der Waals surface area contributed by atoms with Gasteiger partial charge < -0.3 is 14.6 Å². The summed E-state index contributed by atoms with van der Waals surface area (Å²) in [6.45, 7) is 0. The van der Waals surface area contributed by atoms with Crippen LogP contribution in [-0.4, -0.2) is 30.3 Å². The van der Waals surface area contributed by atoms with Crippen LogP contribution >= 0.6 is 0 Å². The number of hydrogen-bond acceptors (Lipinski definition) is 4. The number of carboxylic acid groups (broad SMARTS) is 1. The van der Waals surface area contributed by atoms with Gasteiger partial charge in [0.25, 0.3) is 5.88 Å². The molecule has 13 heavy (non-hydrogen) atoms. The minimum atomic E-state index is -1.05. The molecule has 0 fully saturated rings. The van der Waals surface area contributed by atoms with Gasteiger partial charge in [0.15, 0.2) is 5.75 Å². The van der Waals surface area contributed by atoms with E-state index in [1.54, 1.807) is 0 Å². The Morgan fingerprint density at radius 3 is 2.62 bits per heavy atom. The standard InChI is InChI=1S/C8H9NO4/c1-12-6-3-5(8(10)11)4-9-7(6)13-2/h3-4H,1-2H3,(H,10,11). The predicted octanol–water partition coefficient (Wildman–Crippen LogP) is 0.797. The van der Waals surface area contributed by atoms with E-state index >= 15 is 0 Å². The van der Waals surface area contributed by atoms with E-state index in [1.165, 1.54) is 26.5 Å². The lowest BCUT2D eigenvalue weighted by Crippen LogP contribution is -2.00. The summed E-state index contributed by atoms with van der Waals surface area (Å²) < 4.78 is 9.72. The molecule has 0 unspecified atom stereocenters. The molecule has 0 amide bonds. The lowest BCUT2D eigenvalue weighted by atomic mass is 10.3. The molecule has 70 valence electrons. The van der Waals surface area contributed by atoms with Crippen LogP contribution < -0.4 is 9.47 Å². The molecule has 0 saturated carbocycles. The smallest absolute Gasteiger partial charge is 0.337 e.